The lowest BCUT2D eigenvalue weighted by Gasteiger charge is -2.15. The third-order valence-corrected chi connectivity index (χ3v) is 4.16. The standard InChI is InChI=1S/C20H27F2N3O3/c1-5-6-7-8-11-27-19-18(23-3)25-17(13(2)24-19)15-10-9-14(28-20(21)22)12-16(15)26-4/h9-10,12,20H,5-8,11H2,1-4H3,(H,23,25). The zero-order valence-corrected chi connectivity index (χ0v) is 16.7. The van der Waals surface area contributed by atoms with E-state index < -0.39 is 6.61 Å². The average Bonchev–Trinajstić information content (AvgIpc) is 2.67. The van der Waals surface area contributed by atoms with Crippen LogP contribution >= 0.6 is 0 Å². The van der Waals surface area contributed by atoms with Gasteiger partial charge in [0.2, 0.25) is 0 Å². The fourth-order valence-electron chi connectivity index (χ4n) is 2.76. The number of aryl methyl sites for hydroxylation is 1. The molecule has 2 rings (SSSR count). The molecule has 0 amide bonds. The summed E-state index contributed by atoms with van der Waals surface area (Å²) in [7, 11) is 3.20. The lowest BCUT2D eigenvalue weighted by atomic mass is 10.1. The number of methoxy groups -OCH3 is 1. The first kappa shape index (κ1) is 21.7. The number of nitrogens with one attached hydrogen (secondary N) is 1. The van der Waals surface area contributed by atoms with Gasteiger partial charge in [-0.05, 0) is 25.5 Å². The van der Waals surface area contributed by atoms with Gasteiger partial charge in [0.15, 0.2) is 5.82 Å². The van der Waals surface area contributed by atoms with E-state index in [1.165, 1.54) is 32.1 Å². The van der Waals surface area contributed by atoms with Crippen LogP contribution in [0.25, 0.3) is 11.3 Å². The number of halogens is 2. The molecule has 0 spiro atoms. The molecule has 8 heteroatoms. The Kier molecular flexibility index (Phi) is 8.22. The van der Waals surface area contributed by atoms with Crippen LogP contribution in [0.5, 0.6) is 17.4 Å². The van der Waals surface area contributed by atoms with Crippen LogP contribution in [0.1, 0.15) is 38.3 Å². The van der Waals surface area contributed by atoms with E-state index in [1.54, 1.807) is 13.1 Å². The second-order valence-corrected chi connectivity index (χ2v) is 6.21. The highest BCUT2D eigenvalue weighted by Crippen LogP contribution is 2.36. The van der Waals surface area contributed by atoms with Gasteiger partial charge in [-0.15, -0.1) is 0 Å². The van der Waals surface area contributed by atoms with Gasteiger partial charge in [-0.2, -0.15) is 8.78 Å². The Hall–Kier alpha value is -2.64. The van der Waals surface area contributed by atoms with Crippen molar-refractivity contribution in [3.63, 3.8) is 0 Å². The minimum absolute atomic E-state index is 0.0158. The normalized spacial score (nSPS) is 10.8. The van der Waals surface area contributed by atoms with Crippen LogP contribution in [0.2, 0.25) is 0 Å². The molecule has 0 saturated carbocycles. The van der Waals surface area contributed by atoms with E-state index in [2.05, 4.69) is 26.9 Å². The Morgan fingerprint density at radius 2 is 1.93 bits per heavy atom. The number of rotatable bonds is 11. The van der Waals surface area contributed by atoms with Crippen LogP contribution in [-0.4, -0.2) is 37.3 Å². The SMILES string of the molecule is CCCCCCOc1nc(C)c(-c2ccc(OC(F)F)cc2OC)nc1NC. The molecule has 28 heavy (non-hydrogen) atoms. The number of benzene rings is 1. The van der Waals surface area contributed by atoms with Crippen LogP contribution in [0.4, 0.5) is 14.6 Å². The topological polar surface area (TPSA) is 65.5 Å². The van der Waals surface area contributed by atoms with E-state index in [0.29, 0.717) is 41.0 Å². The van der Waals surface area contributed by atoms with Crippen molar-refractivity contribution in [2.45, 2.75) is 46.1 Å². The van der Waals surface area contributed by atoms with Crippen molar-refractivity contribution < 1.29 is 23.0 Å². The van der Waals surface area contributed by atoms with E-state index in [9.17, 15) is 8.78 Å². The molecule has 0 atom stereocenters. The van der Waals surface area contributed by atoms with Crippen LogP contribution in [-0.2, 0) is 0 Å². The van der Waals surface area contributed by atoms with E-state index >= 15 is 0 Å². The van der Waals surface area contributed by atoms with Crippen LogP contribution in [0.15, 0.2) is 18.2 Å². The van der Waals surface area contributed by atoms with Gasteiger partial charge in [0.1, 0.15) is 11.5 Å². The largest absolute Gasteiger partial charge is 0.496 e. The van der Waals surface area contributed by atoms with E-state index in [1.807, 2.05) is 6.92 Å². The molecule has 1 N–H and O–H groups in total. The summed E-state index contributed by atoms with van der Waals surface area (Å²) in [5.41, 5.74) is 1.84. The van der Waals surface area contributed by atoms with Crippen molar-refractivity contribution in [3.8, 4) is 28.6 Å². The smallest absolute Gasteiger partial charge is 0.387 e. The van der Waals surface area contributed by atoms with E-state index in [0.717, 1.165) is 12.8 Å². The van der Waals surface area contributed by atoms with E-state index in [4.69, 9.17) is 9.47 Å². The van der Waals surface area contributed by atoms with Crippen LogP contribution in [0, 0.1) is 6.92 Å². The fourth-order valence-corrected chi connectivity index (χ4v) is 2.76. The Morgan fingerprint density at radius 3 is 2.57 bits per heavy atom. The van der Waals surface area contributed by atoms with Gasteiger partial charge < -0.3 is 19.5 Å². The summed E-state index contributed by atoms with van der Waals surface area (Å²) in [5.74, 6) is 1.33. The molecular formula is C20H27F2N3O3. The molecule has 1 heterocycles. The average molecular weight is 395 g/mol. The predicted octanol–water partition coefficient (Wildman–Crippen LogP) is 5.06. The van der Waals surface area contributed by atoms with Crippen molar-refractivity contribution in [2.75, 3.05) is 26.1 Å². The van der Waals surface area contributed by atoms with Crippen molar-refractivity contribution in [2.24, 2.45) is 0 Å². The summed E-state index contributed by atoms with van der Waals surface area (Å²) in [6.45, 7) is 1.65. The summed E-state index contributed by atoms with van der Waals surface area (Å²) in [5, 5.41) is 3.00. The molecule has 1 aromatic carbocycles. The highest BCUT2D eigenvalue weighted by atomic mass is 19.3. The predicted molar refractivity (Wildman–Crippen MR) is 105 cm³/mol. The number of alkyl halides is 2. The zero-order valence-electron chi connectivity index (χ0n) is 16.7. The number of hydrogen-bond acceptors (Lipinski definition) is 6. The molecule has 0 unspecified atom stereocenters. The zero-order chi connectivity index (χ0) is 20.5. The molecule has 0 fully saturated rings. The molecule has 154 valence electrons. The van der Waals surface area contributed by atoms with E-state index in [-0.39, 0.29) is 5.75 Å². The summed E-state index contributed by atoms with van der Waals surface area (Å²) in [6.07, 6.45) is 4.41. The minimum Gasteiger partial charge on any atom is -0.496 e. The first-order valence-electron chi connectivity index (χ1n) is 9.32. The lowest BCUT2D eigenvalue weighted by Crippen LogP contribution is -2.07. The number of nitrogens with zero attached hydrogens (tertiary/aromatic N) is 2. The lowest BCUT2D eigenvalue weighted by molar-refractivity contribution is -0.0499. The van der Waals surface area contributed by atoms with Gasteiger partial charge in [-0.1, -0.05) is 26.2 Å². The number of aromatic nitrogens is 2. The highest BCUT2D eigenvalue weighted by Gasteiger charge is 2.17. The van der Waals surface area contributed by atoms with Gasteiger partial charge in [-0.3, -0.25) is 0 Å². The Labute approximate surface area is 164 Å². The molecule has 0 bridgehead atoms. The Bertz CT molecular complexity index is 773. The van der Waals surface area contributed by atoms with Crippen molar-refractivity contribution in [1.29, 1.82) is 0 Å². The summed E-state index contributed by atoms with van der Waals surface area (Å²) in [4.78, 5) is 9.14. The highest BCUT2D eigenvalue weighted by molar-refractivity contribution is 5.72. The molecule has 0 saturated heterocycles. The number of anilines is 1. The van der Waals surface area contributed by atoms with Gasteiger partial charge in [0, 0.05) is 18.7 Å². The molecule has 6 nitrogen and oxygen atoms in total. The molecule has 0 aliphatic rings. The molecule has 0 aliphatic heterocycles. The second kappa shape index (κ2) is 10.6. The first-order valence-corrected chi connectivity index (χ1v) is 9.32. The monoisotopic (exact) mass is 395 g/mol. The maximum absolute atomic E-state index is 12.4. The van der Waals surface area contributed by atoms with Gasteiger partial charge >= 0.3 is 6.61 Å². The minimum atomic E-state index is -2.90. The van der Waals surface area contributed by atoms with Gasteiger partial charge in [-0.25, -0.2) is 9.97 Å². The van der Waals surface area contributed by atoms with Crippen molar-refractivity contribution in [1.82, 2.24) is 9.97 Å². The second-order valence-electron chi connectivity index (χ2n) is 6.21. The third kappa shape index (κ3) is 5.68. The first-order chi connectivity index (χ1) is 13.5. The van der Waals surface area contributed by atoms with Crippen LogP contribution in [0.3, 0.4) is 0 Å². The number of hydrogen-bond donors (Lipinski definition) is 1. The summed E-state index contributed by atoms with van der Waals surface area (Å²) >= 11 is 0. The molecule has 0 aliphatic carbocycles. The van der Waals surface area contributed by atoms with Gasteiger partial charge in [0.05, 0.1) is 25.1 Å². The Morgan fingerprint density at radius 1 is 1.14 bits per heavy atom. The maximum atomic E-state index is 12.4. The quantitative estimate of drug-likeness (QED) is 0.536. The summed E-state index contributed by atoms with van der Waals surface area (Å²) < 4.78 is 40.5. The molecule has 2 aromatic rings. The maximum Gasteiger partial charge on any atom is 0.387 e. The van der Waals surface area contributed by atoms with Crippen molar-refractivity contribution >= 4 is 5.82 Å². The molecule has 0 radical (unpaired) electrons. The summed E-state index contributed by atoms with van der Waals surface area (Å²) in [6, 6.07) is 4.47. The third-order valence-electron chi connectivity index (χ3n) is 4.16. The van der Waals surface area contributed by atoms with Gasteiger partial charge in [0.25, 0.3) is 5.88 Å². The number of ether oxygens (including phenoxy) is 3. The fraction of sp³-hybridized carbons (Fsp3) is 0.500. The van der Waals surface area contributed by atoms with Crippen LogP contribution < -0.4 is 19.5 Å². The van der Waals surface area contributed by atoms with Crippen molar-refractivity contribution in [3.05, 3.63) is 23.9 Å². The molecular weight excluding hydrogens is 368 g/mol. The number of unbranched alkanes of at least 4 members (excludes halogenated alkanes) is 3. The Balaban J connectivity index is 2.28. The molecule has 1 aromatic heterocycles.